The Morgan fingerprint density at radius 3 is 3.07 bits per heavy atom. The van der Waals surface area contributed by atoms with E-state index in [2.05, 4.69) is 10.9 Å². The SMILES string of the molecule is CONc1cccc(SCC(=O)NN)c1. The van der Waals surface area contributed by atoms with Crippen LogP contribution in [-0.2, 0) is 9.63 Å². The first-order valence-corrected chi connectivity index (χ1v) is 5.26. The van der Waals surface area contributed by atoms with Crippen molar-refractivity contribution in [3.05, 3.63) is 24.3 Å². The number of nitrogens with two attached hydrogens (primary N) is 1. The van der Waals surface area contributed by atoms with Gasteiger partial charge in [0.25, 0.3) is 0 Å². The number of benzene rings is 1. The number of hydrogen-bond acceptors (Lipinski definition) is 5. The zero-order valence-electron chi connectivity index (χ0n) is 8.32. The summed E-state index contributed by atoms with van der Waals surface area (Å²) in [5.41, 5.74) is 5.63. The molecule has 6 heteroatoms. The third-order valence-corrected chi connectivity index (χ3v) is 2.58. The van der Waals surface area contributed by atoms with Crippen LogP contribution in [0.3, 0.4) is 0 Å². The van der Waals surface area contributed by atoms with Crippen molar-refractivity contribution < 1.29 is 9.63 Å². The average molecular weight is 227 g/mol. The largest absolute Gasteiger partial charge is 0.294 e. The van der Waals surface area contributed by atoms with Crippen molar-refractivity contribution in [1.29, 1.82) is 0 Å². The molecule has 0 saturated carbocycles. The van der Waals surface area contributed by atoms with Gasteiger partial charge in [-0.15, -0.1) is 11.8 Å². The van der Waals surface area contributed by atoms with Crippen molar-refractivity contribution in [3.63, 3.8) is 0 Å². The molecule has 0 aromatic heterocycles. The van der Waals surface area contributed by atoms with Gasteiger partial charge in [0.15, 0.2) is 0 Å². The second-order valence-electron chi connectivity index (χ2n) is 2.69. The van der Waals surface area contributed by atoms with Crippen molar-refractivity contribution in [2.75, 3.05) is 18.3 Å². The third-order valence-electron chi connectivity index (χ3n) is 1.58. The van der Waals surface area contributed by atoms with Gasteiger partial charge in [-0.3, -0.25) is 20.5 Å². The van der Waals surface area contributed by atoms with E-state index in [-0.39, 0.29) is 5.91 Å². The predicted molar refractivity (Wildman–Crippen MR) is 60.1 cm³/mol. The van der Waals surface area contributed by atoms with Crippen LogP contribution < -0.4 is 16.7 Å². The smallest absolute Gasteiger partial charge is 0.244 e. The topological polar surface area (TPSA) is 76.4 Å². The number of amides is 1. The molecule has 1 amide bonds. The number of carbonyl (C=O) groups excluding carboxylic acids is 1. The molecule has 1 aromatic carbocycles. The maximum absolute atomic E-state index is 10.9. The summed E-state index contributed by atoms with van der Waals surface area (Å²) in [5, 5.41) is 0. The first-order chi connectivity index (χ1) is 7.26. The average Bonchev–Trinajstić information content (AvgIpc) is 2.27. The summed E-state index contributed by atoms with van der Waals surface area (Å²) in [4.78, 5) is 16.6. The van der Waals surface area contributed by atoms with Crippen LogP contribution >= 0.6 is 11.8 Å². The third kappa shape index (κ3) is 4.20. The highest BCUT2D eigenvalue weighted by Gasteiger charge is 2.01. The van der Waals surface area contributed by atoms with E-state index >= 15 is 0 Å². The minimum absolute atomic E-state index is 0.204. The van der Waals surface area contributed by atoms with Crippen molar-refractivity contribution >= 4 is 23.4 Å². The van der Waals surface area contributed by atoms with E-state index in [4.69, 9.17) is 10.7 Å². The van der Waals surface area contributed by atoms with E-state index in [1.807, 2.05) is 24.3 Å². The maximum Gasteiger partial charge on any atom is 0.244 e. The molecule has 0 bridgehead atoms. The predicted octanol–water partition coefficient (Wildman–Crippen LogP) is 0.742. The lowest BCUT2D eigenvalue weighted by atomic mass is 10.3. The van der Waals surface area contributed by atoms with E-state index in [0.29, 0.717) is 5.75 Å². The summed E-state index contributed by atoms with van der Waals surface area (Å²) in [6, 6.07) is 7.55. The Hall–Kier alpha value is -1.24. The molecule has 0 fully saturated rings. The molecular weight excluding hydrogens is 214 g/mol. The maximum atomic E-state index is 10.9. The van der Waals surface area contributed by atoms with Gasteiger partial charge in [0.2, 0.25) is 5.91 Å². The molecule has 0 radical (unpaired) electrons. The van der Waals surface area contributed by atoms with E-state index in [1.165, 1.54) is 11.8 Å². The molecule has 0 aliphatic rings. The Labute approximate surface area is 92.3 Å². The van der Waals surface area contributed by atoms with Crippen molar-refractivity contribution in [3.8, 4) is 0 Å². The number of hydrogen-bond donors (Lipinski definition) is 3. The van der Waals surface area contributed by atoms with Crippen LogP contribution in [-0.4, -0.2) is 18.8 Å². The fourth-order valence-electron chi connectivity index (χ4n) is 0.958. The molecule has 0 unspecified atom stereocenters. The summed E-state index contributed by atoms with van der Waals surface area (Å²) in [6.45, 7) is 0. The fourth-order valence-corrected chi connectivity index (χ4v) is 1.72. The zero-order valence-corrected chi connectivity index (χ0v) is 9.14. The van der Waals surface area contributed by atoms with Crippen molar-refractivity contribution in [2.45, 2.75) is 4.90 Å². The number of nitrogens with one attached hydrogen (secondary N) is 2. The highest BCUT2D eigenvalue weighted by atomic mass is 32.2. The Morgan fingerprint density at radius 1 is 1.60 bits per heavy atom. The lowest BCUT2D eigenvalue weighted by Gasteiger charge is -2.05. The normalized spacial score (nSPS) is 9.73. The fraction of sp³-hybridized carbons (Fsp3) is 0.222. The molecule has 0 atom stereocenters. The number of hydrazine groups is 1. The molecule has 0 heterocycles. The van der Waals surface area contributed by atoms with Gasteiger partial charge in [-0.1, -0.05) is 6.07 Å². The minimum atomic E-state index is -0.204. The molecule has 82 valence electrons. The van der Waals surface area contributed by atoms with Gasteiger partial charge >= 0.3 is 0 Å². The summed E-state index contributed by atoms with van der Waals surface area (Å²) in [6.07, 6.45) is 0. The van der Waals surface area contributed by atoms with Crippen LogP contribution in [0, 0.1) is 0 Å². The number of thioether (sulfide) groups is 1. The Kier molecular flexibility index (Phi) is 4.96. The van der Waals surface area contributed by atoms with Crippen LogP contribution in [0.1, 0.15) is 0 Å². The van der Waals surface area contributed by atoms with Gasteiger partial charge < -0.3 is 0 Å². The zero-order chi connectivity index (χ0) is 11.1. The molecule has 5 nitrogen and oxygen atoms in total. The molecule has 0 aliphatic heterocycles. The molecule has 4 N–H and O–H groups in total. The van der Waals surface area contributed by atoms with Gasteiger partial charge in [0, 0.05) is 4.90 Å². The monoisotopic (exact) mass is 227 g/mol. The molecule has 0 spiro atoms. The standard InChI is InChI=1S/C9H13N3O2S/c1-14-12-7-3-2-4-8(5-7)15-6-9(13)11-10/h2-5,12H,6,10H2,1H3,(H,11,13). The summed E-state index contributed by atoms with van der Waals surface area (Å²) >= 11 is 1.41. The van der Waals surface area contributed by atoms with Gasteiger partial charge in [-0.2, -0.15) is 0 Å². The Balaban J connectivity index is 2.53. The van der Waals surface area contributed by atoms with Crippen molar-refractivity contribution in [1.82, 2.24) is 5.43 Å². The van der Waals surface area contributed by atoms with E-state index in [0.717, 1.165) is 10.6 Å². The molecule has 1 aromatic rings. The number of rotatable bonds is 5. The van der Waals surface area contributed by atoms with Crippen molar-refractivity contribution in [2.24, 2.45) is 5.84 Å². The Morgan fingerprint density at radius 2 is 2.40 bits per heavy atom. The van der Waals surface area contributed by atoms with Crippen LogP contribution in [0.15, 0.2) is 29.2 Å². The van der Waals surface area contributed by atoms with Crippen LogP contribution in [0.25, 0.3) is 0 Å². The van der Waals surface area contributed by atoms with Gasteiger partial charge in [0.1, 0.15) is 0 Å². The second-order valence-corrected chi connectivity index (χ2v) is 3.74. The van der Waals surface area contributed by atoms with E-state index in [1.54, 1.807) is 7.11 Å². The van der Waals surface area contributed by atoms with Crippen LogP contribution in [0.5, 0.6) is 0 Å². The summed E-state index contributed by atoms with van der Waals surface area (Å²) in [7, 11) is 1.54. The molecule has 0 saturated heterocycles. The number of carbonyl (C=O) groups is 1. The second kappa shape index (κ2) is 6.28. The van der Waals surface area contributed by atoms with Crippen LogP contribution in [0.4, 0.5) is 5.69 Å². The lowest BCUT2D eigenvalue weighted by molar-refractivity contribution is -0.118. The Bertz CT molecular complexity index is 333. The minimum Gasteiger partial charge on any atom is -0.294 e. The quantitative estimate of drug-likeness (QED) is 0.299. The highest BCUT2D eigenvalue weighted by Crippen LogP contribution is 2.21. The number of anilines is 1. The molecule has 1 rings (SSSR count). The molecule has 15 heavy (non-hydrogen) atoms. The molecular formula is C9H13N3O2S. The van der Waals surface area contributed by atoms with Crippen LogP contribution in [0.2, 0.25) is 0 Å². The lowest BCUT2D eigenvalue weighted by Crippen LogP contribution is -2.31. The summed E-state index contributed by atoms with van der Waals surface area (Å²) in [5.74, 6) is 5.06. The first kappa shape index (κ1) is 11.8. The summed E-state index contributed by atoms with van der Waals surface area (Å²) < 4.78 is 0. The van der Waals surface area contributed by atoms with Gasteiger partial charge in [0.05, 0.1) is 18.6 Å². The highest BCUT2D eigenvalue weighted by molar-refractivity contribution is 8.00. The van der Waals surface area contributed by atoms with E-state index < -0.39 is 0 Å². The first-order valence-electron chi connectivity index (χ1n) is 4.27. The van der Waals surface area contributed by atoms with E-state index in [9.17, 15) is 4.79 Å². The molecule has 0 aliphatic carbocycles. The van der Waals surface area contributed by atoms with Gasteiger partial charge in [-0.25, -0.2) is 5.84 Å². The van der Waals surface area contributed by atoms with Gasteiger partial charge in [-0.05, 0) is 18.2 Å².